The van der Waals surface area contributed by atoms with Crippen molar-refractivity contribution < 1.29 is 4.79 Å². The fourth-order valence-corrected chi connectivity index (χ4v) is 1.96. The number of pyridine rings is 1. The predicted octanol–water partition coefficient (Wildman–Crippen LogP) is 2.13. The molecule has 1 aromatic heterocycles. The minimum Gasteiger partial charge on any atom is -0.350 e. The summed E-state index contributed by atoms with van der Waals surface area (Å²) < 4.78 is 0. The van der Waals surface area contributed by atoms with E-state index in [0.717, 1.165) is 12.8 Å². The molecule has 1 aromatic carbocycles. The summed E-state index contributed by atoms with van der Waals surface area (Å²) in [5.41, 5.74) is 1.52. The molecule has 0 radical (unpaired) electrons. The number of H-pyrrole nitrogens is 1. The van der Waals surface area contributed by atoms with Gasteiger partial charge in [-0.2, -0.15) is 0 Å². The molecule has 1 amide bonds. The number of carbonyl (C=O) groups excluding carboxylic acids is 1. The van der Waals surface area contributed by atoms with Gasteiger partial charge >= 0.3 is 0 Å². The Hall–Kier alpha value is -2.36. The molecule has 0 aliphatic rings. The molecular weight excluding hydrogens is 252 g/mol. The molecule has 0 bridgehead atoms. The van der Waals surface area contributed by atoms with Crippen molar-refractivity contribution in [1.29, 1.82) is 0 Å². The number of carbonyl (C=O) groups is 1. The highest BCUT2D eigenvalue weighted by Crippen LogP contribution is 2.05. The van der Waals surface area contributed by atoms with Crippen molar-refractivity contribution >= 4 is 5.91 Å². The van der Waals surface area contributed by atoms with Crippen LogP contribution in [0.25, 0.3) is 0 Å². The van der Waals surface area contributed by atoms with Gasteiger partial charge in [0.2, 0.25) is 5.56 Å². The fourth-order valence-electron chi connectivity index (χ4n) is 1.96. The van der Waals surface area contributed by atoms with Gasteiger partial charge in [0, 0.05) is 18.3 Å². The maximum Gasteiger partial charge on any atom is 0.252 e. The third kappa shape index (κ3) is 4.09. The first kappa shape index (κ1) is 14.1. The van der Waals surface area contributed by atoms with E-state index < -0.39 is 0 Å². The van der Waals surface area contributed by atoms with Crippen LogP contribution in [0.5, 0.6) is 0 Å². The largest absolute Gasteiger partial charge is 0.350 e. The Kier molecular flexibility index (Phi) is 4.71. The van der Waals surface area contributed by atoms with Crippen molar-refractivity contribution in [3.63, 3.8) is 0 Å². The van der Waals surface area contributed by atoms with Crippen LogP contribution in [0.15, 0.2) is 53.5 Å². The summed E-state index contributed by atoms with van der Waals surface area (Å²) in [6.45, 7) is 1.98. The molecule has 0 aliphatic heterocycles. The van der Waals surface area contributed by atoms with E-state index in [-0.39, 0.29) is 17.5 Å². The van der Waals surface area contributed by atoms with Crippen LogP contribution in [0.4, 0.5) is 0 Å². The van der Waals surface area contributed by atoms with Gasteiger partial charge in [-0.15, -0.1) is 0 Å². The average Bonchev–Trinajstić information content (AvgIpc) is 2.47. The summed E-state index contributed by atoms with van der Waals surface area (Å²) in [5.74, 6) is -0.165. The molecule has 2 aromatic rings. The molecule has 0 fully saturated rings. The molecule has 1 atom stereocenters. The van der Waals surface area contributed by atoms with Crippen molar-refractivity contribution in [2.75, 3.05) is 0 Å². The highest BCUT2D eigenvalue weighted by atomic mass is 16.2. The van der Waals surface area contributed by atoms with E-state index in [1.165, 1.54) is 23.9 Å². The quantitative estimate of drug-likeness (QED) is 0.874. The van der Waals surface area contributed by atoms with Crippen LogP contribution in [-0.2, 0) is 6.42 Å². The summed E-state index contributed by atoms with van der Waals surface area (Å²) in [5, 5.41) is 2.92. The van der Waals surface area contributed by atoms with E-state index in [4.69, 9.17) is 0 Å². The minimum absolute atomic E-state index is 0.0784. The van der Waals surface area contributed by atoms with Gasteiger partial charge in [-0.05, 0) is 31.4 Å². The number of amides is 1. The van der Waals surface area contributed by atoms with Crippen LogP contribution in [0.3, 0.4) is 0 Å². The van der Waals surface area contributed by atoms with Crippen molar-refractivity contribution in [1.82, 2.24) is 10.3 Å². The maximum atomic E-state index is 11.9. The summed E-state index contributed by atoms with van der Waals surface area (Å²) in [6, 6.07) is 13.1. The number of aromatic amines is 1. The minimum atomic E-state index is -0.210. The number of hydrogen-bond acceptors (Lipinski definition) is 2. The van der Waals surface area contributed by atoms with Gasteiger partial charge in [-0.25, -0.2) is 0 Å². The standard InChI is InChI=1S/C16H18N2O2/c1-12(7-8-13-5-3-2-4-6-13)18-16(20)14-9-10-15(19)17-11-14/h2-6,9-12H,7-8H2,1H3,(H,17,19)(H,18,20)/t12-/m1/s1. The predicted molar refractivity (Wildman–Crippen MR) is 78.8 cm³/mol. The molecule has 1 heterocycles. The third-order valence-electron chi connectivity index (χ3n) is 3.13. The van der Waals surface area contributed by atoms with Crippen LogP contribution < -0.4 is 10.9 Å². The second-order valence-corrected chi connectivity index (χ2v) is 4.84. The fraction of sp³-hybridized carbons (Fsp3) is 0.250. The van der Waals surface area contributed by atoms with Crippen LogP contribution in [0.1, 0.15) is 29.3 Å². The van der Waals surface area contributed by atoms with Crippen molar-refractivity contribution in [2.45, 2.75) is 25.8 Å². The van der Waals surface area contributed by atoms with Crippen LogP contribution in [-0.4, -0.2) is 16.9 Å². The van der Waals surface area contributed by atoms with Gasteiger partial charge < -0.3 is 10.3 Å². The molecule has 104 valence electrons. The molecule has 4 nitrogen and oxygen atoms in total. The molecule has 0 aliphatic carbocycles. The van der Waals surface area contributed by atoms with E-state index in [0.29, 0.717) is 5.56 Å². The van der Waals surface area contributed by atoms with Crippen LogP contribution >= 0.6 is 0 Å². The number of nitrogens with one attached hydrogen (secondary N) is 2. The van der Waals surface area contributed by atoms with Gasteiger partial charge in [0.1, 0.15) is 0 Å². The zero-order chi connectivity index (χ0) is 14.4. The van der Waals surface area contributed by atoms with Gasteiger partial charge in [0.15, 0.2) is 0 Å². The number of aromatic nitrogens is 1. The Labute approximate surface area is 117 Å². The smallest absolute Gasteiger partial charge is 0.252 e. The number of benzene rings is 1. The maximum absolute atomic E-state index is 11.9. The summed E-state index contributed by atoms with van der Waals surface area (Å²) in [4.78, 5) is 25.4. The van der Waals surface area contributed by atoms with Gasteiger partial charge in [-0.3, -0.25) is 9.59 Å². The van der Waals surface area contributed by atoms with Gasteiger partial charge in [0.25, 0.3) is 5.91 Å². The van der Waals surface area contributed by atoms with Crippen molar-refractivity contribution in [3.05, 3.63) is 70.1 Å². The van der Waals surface area contributed by atoms with E-state index >= 15 is 0 Å². The van der Waals surface area contributed by atoms with E-state index in [1.807, 2.05) is 25.1 Å². The Bertz CT molecular complexity index is 599. The Morgan fingerprint density at radius 1 is 1.20 bits per heavy atom. The number of aryl methyl sites for hydroxylation is 1. The monoisotopic (exact) mass is 270 g/mol. The number of hydrogen-bond donors (Lipinski definition) is 2. The lowest BCUT2D eigenvalue weighted by atomic mass is 10.1. The third-order valence-corrected chi connectivity index (χ3v) is 3.13. The summed E-state index contributed by atoms with van der Waals surface area (Å²) in [6.07, 6.45) is 3.23. The molecule has 0 saturated heterocycles. The first-order valence-electron chi connectivity index (χ1n) is 6.68. The molecule has 0 unspecified atom stereocenters. The van der Waals surface area contributed by atoms with Gasteiger partial charge in [0.05, 0.1) is 5.56 Å². The molecular formula is C16H18N2O2. The zero-order valence-electron chi connectivity index (χ0n) is 11.4. The average molecular weight is 270 g/mol. The lowest BCUT2D eigenvalue weighted by Gasteiger charge is -2.13. The highest BCUT2D eigenvalue weighted by Gasteiger charge is 2.09. The van der Waals surface area contributed by atoms with Crippen LogP contribution in [0.2, 0.25) is 0 Å². The van der Waals surface area contributed by atoms with E-state index in [9.17, 15) is 9.59 Å². The lowest BCUT2D eigenvalue weighted by molar-refractivity contribution is 0.0938. The summed E-state index contributed by atoms with van der Waals surface area (Å²) in [7, 11) is 0. The van der Waals surface area contributed by atoms with E-state index in [2.05, 4.69) is 22.4 Å². The number of rotatable bonds is 5. The molecule has 4 heteroatoms. The van der Waals surface area contributed by atoms with Gasteiger partial charge in [-0.1, -0.05) is 30.3 Å². The first-order valence-corrected chi connectivity index (χ1v) is 6.68. The zero-order valence-corrected chi connectivity index (χ0v) is 11.4. The topological polar surface area (TPSA) is 62.0 Å². The first-order chi connectivity index (χ1) is 9.65. The molecule has 2 N–H and O–H groups in total. The normalized spacial score (nSPS) is 11.8. The molecule has 2 rings (SSSR count). The molecule has 0 spiro atoms. The summed E-state index contributed by atoms with van der Waals surface area (Å²) >= 11 is 0. The Balaban J connectivity index is 1.85. The second-order valence-electron chi connectivity index (χ2n) is 4.84. The Morgan fingerprint density at radius 3 is 2.60 bits per heavy atom. The highest BCUT2D eigenvalue weighted by molar-refractivity contribution is 5.93. The SMILES string of the molecule is C[C@H](CCc1ccccc1)NC(=O)c1ccc(=O)[nH]c1. The molecule has 20 heavy (non-hydrogen) atoms. The molecule has 0 saturated carbocycles. The Morgan fingerprint density at radius 2 is 1.95 bits per heavy atom. The van der Waals surface area contributed by atoms with Crippen LogP contribution in [0, 0.1) is 0 Å². The second kappa shape index (κ2) is 6.70. The lowest BCUT2D eigenvalue weighted by Crippen LogP contribution is -2.33. The van der Waals surface area contributed by atoms with Crippen molar-refractivity contribution in [2.24, 2.45) is 0 Å². The van der Waals surface area contributed by atoms with E-state index in [1.54, 1.807) is 0 Å². The van der Waals surface area contributed by atoms with Crippen molar-refractivity contribution in [3.8, 4) is 0 Å².